The van der Waals surface area contributed by atoms with E-state index in [1.807, 2.05) is 12.1 Å². The van der Waals surface area contributed by atoms with Crippen LogP contribution in [0.1, 0.15) is 12.8 Å². The number of hydrogen-bond donors (Lipinski definition) is 3. The second-order valence-corrected chi connectivity index (χ2v) is 5.11. The summed E-state index contributed by atoms with van der Waals surface area (Å²) in [6, 6.07) is 8.82. The molecule has 1 aromatic carbocycles. The lowest BCUT2D eigenvalue weighted by Crippen LogP contribution is -2.33. The Balaban J connectivity index is 2.06. The van der Waals surface area contributed by atoms with E-state index in [0.717, 1.165) is 11.6 Å². The van der Waals surface area contributed by atoms with E-state index >= 15 is 0 Å². The van der Waals surface area contributed by atoms with Gasteiger partial charge in [-0.05, 0) is 31.2 Å². The predicted molar refractivity (Wildman–Crippen MR) is 79.4 cm³/mol. The Morgan fingerprint density at radius 3 is 2.89 bits per heavy atom. The van der Waals surface area contributed by atoms with Gasteiger partial charge in [-0.1, -0.05) is 12.1 Å². The zero-order chi connectivity index (χ0) is 12.8. The standard InChI is InChI=1S/C13H20N4S/c1-18-12-5-3-2-4-11(12)17-13(15-9-8-14)16-10-6-7-10/h2-5,10H,6-9,14H2,1H3,(H2,15,16,17). The molecule has 1 aromatic rings. The maximum atomic E-state index is 5.51. The molecule has 0 amide bonds. The summed E-state index contributed by atoms with van der Waals surface area (Å²) in [7, 11) is 0. The number of guanidine groups is 1. The number of thioether (sulfide) groups is 1. The first-order valence-electron chi connectivity index (χ1n) is 6.24. The summed E-state index contributed by atoms with van der Waals surface area (Å²) in [5.74, 6) is 0.837. The highest BCUT2D eigenvalue weighted by Crippen LogP contribution is 2.25. The van der Waals surface area contributed by atoms with E-state index in [-0.39, 0.29) is 0 Å². The number of para-hydroxylation sites is 1. The lowest BCUT2D eigenvalue weighted by Gasteiger charge is -2.14. The molecule has 1 aliphatic carbocycles. The molecule has 0 heterocycles. The summed E-state index contributed by atoms with van der Waals surface area (Å²) in [5.41, 5.74) is 6.60. The van der Waals surface area contributed by atoms with Crippen LogP contribution in [0.25, 0.3) is 0 Å². The molecule has 4 nitrogen and oxygen atoms in total. The molecule has 1 saturated carbocycles. The first-order chi connectivity index (χ1) is 8.83. The molecule has 1 aliphatic rings. The number of benzene rings is 1. The maximum absolute atomic E-state index is 5.51. The van der Waals surface area contributed by atoms with E-state index in [1.54, 1.807) is 11.8 Å². The molecular weight excluding hydrogens is 244 g/mol. The number of nitrogens with two attached hydrogens (primary N) is 1. The SMILES string of the molecule is CSc1ccccc1NC(=NCCN)NC1CC1. The van der Waals surface area contributed by atoms with E-state index in [9.17, 15) is 0 Å². The third-order valence-corrected chi connectivity index (χ3v) is 3.47. The van der Waals surface area contributed by atoms with Gasteiger partial charge in [0.15, 0.2) is 5.96 Å². The maximum Gasteiger partial charge on any atom is 0.196 e. The van der Waals surface area contributed by atoms with Crippen LogP contribution in [0, 0.1) is 0 Å². The van der Waals surface area contributed by atoms with Gasteiger partial charge in [-0.2, -0.15) is 0 Å². The van der Waals surface area contributed by atoms with E-state index in [2.05, 4.69) is 34.0 Å². The summed E-state index contributed by atoms with van der Waals surface area (Å²) >= 11 is 1.73. The average molecular weight is 264 g/mol. The van der Waals surface area contributed by atoms with Crippen molar-refractivity contribution in [3.8, 4) is 0 Å². The Hall–Kier alpha value is -1.20. The van der Waals surface area contributed by atoms with E-state index < -0.39 is 0 Å². The van der Waals surface area contributed by atoms with Crippen molar-refractivity contribution in [2.75, 3.05) is 24.7 Å². The highest BCUT2D eigenvalue weighted by Gasteiger charge is 2.22. The molecular formula is C13H20N4S. The molecule has 5 heteroatoms. The number of nitrogens with zero attached hydrogens (tertiary/aromatic N) is 1. The summed E-state index contributed by atoms with van der Waals surface area (Å²) < 4.78 is 0. The molecule has 0 saturated heterocycles. The molecule has 98 valence electrons. The summed E-state index contributed by atoms with van der Waals surface area (Å²) in [5, 5.41) is 6.77. The molecule has 0 spiro atoms. The minimum absolute atomic E-state index is 0.571. The van der Waals surface area contributed by atoms with Crippen LogP contribution < -0.4 is 16.4 Å². The van der Waals surface area contributed by atoms with E-state index in [4.69, 9.17) is 5.73 Å². The Morgan fingerprint density at radius 2 is 2.22 bits per heavy atom. The van der Waals surface area contributed by atoms with Gasteiger partial charge in [-0.15, -0.1) is 11.8 Å². The van der Waals surface area contributed by atoms with Crippen molar-refractivity contribution in [2.45, 2.75) is 23.8 Å². The lowest BCUT2D eigenvalue weighted by molar-refractivity contribution is 0.879. The Bertz CT molecular complexity index is 415. The second-order valence-electron chi connectivity index (χ2n) is 4.26. The smallest absolute Gasteiger partial charge is 0.196 e. The minimum Gasteiger partial charge on any atom is -0.353 e. The van der Waals surface area contributed by atoms with Gasteiger partial charge in [0.1, 0.15) is 0 Å². The Kier molecular flexibility index (Phi) is 4.90. The fourth-order valence-electron chi connectivity index (χ4n) is 1.59. The van der Waals surface area contributed by atoms with Crippen molar-refractivity contribution >= 4 is 23.4 Å². The average Bonchev–Trinajstić information content (AvgIpc) is 3.20. The van der Waals surface area contributed by atoms with E-state index in [0.29, 0.717) is 19.1 Å². The van der Waals surface area contributed by atoms with Crippen LogP contribution in [0.5, 0.6) is 0 Å². The van der Waals surface area contributed by atoms with Crippen LogP contribution in [0.4, 0.5) is 5.69 Å². The van der Waals surface area contributed by atoms with Crippen LogP contribution in [-0.4, -0.2) is 31.3 Å². The van der Waals surface area contributed by atoms with Gasteiger partial charge < -0.3 is 16.4 Å². The van der Waals surface area contributed by atoms with Gasteiger partial charge in [-0.3, -0.25) is 4.99 Å². The molecule has 2 rings (SSSR count). The zero-order valence-corrected chi connectivity index (χ0v) is 11.5. The van der Waals surface area contributed by atoms with Crippen molar-refractivity contribution in [3.05, 3.63) is 24.3 Å². The minimum atomic E-state index is 0.571. The largest absolute Gasteiger partial charge is 0.353 e. The second kappa shape index (κ2) is 6.66. The third-order valence-electron chi connectivity index (χ3n) is 2.68. The van der Waals surface area contributed by atoms with Gasteiger partial charge in [0.05, 0.1) is 12.2 Å². The van der Waals surface area contributed by atoms with Crippen LogP contribution in [0.3, 0.4) is 0 Å². The molecule has 0 bridgehead atoms. The quantitative estimate of drug-likeness (QED) is 0.432. The van der Waals surface area contributed by atoms with Gasteiger partial charge >= 0.3 is 0 Å². The molecule has 0 aliphatic heterocycles. The first-order valence-corrected chi connectivity index (χ1v) is 7.47. The molecule has 4 N–H and O–H groups in total. The van der Waals surface area contributed by atoms with Crippen molar-refractivity contribution < 1.29 is 0 Å². The summed E-state index contributed by atoms with van der Waals surface area (Å²) in [4.78, 5) is 5.67. The fourth-order valence-corrected chi connectivity index (χ4v) is 2.15. The Morgan fingerprint density at radius 1 is 1.44 bits per heavy atom. The lowest BCUT2D eigenvalue weighted by atomic mass is 10.3. The monoisotopic (exact) mass is 264 g/mol. The van der Waals surface area contributed by atoms with Crippen molar-refractivity contribution in [1.82, 2.24) is 5.32 Å². The van der Waals surface area contributed by atoms with Gasteiger partial charge in [-0.25, -0.2) is 0 Å². The normalized spacial score (nSPS) is 15.6. The van der Waals surface area contributed by atoms with E-state index in [1.165, 1.54) is 17.7 Å². The fraction of sp³-hybridized carbons (Fsp3) is 0.462. The molecule has 1 fully saturated rings. The number of nitrogens with one attached hydrogen (secondary N) is 2. The Labute approximate surface area is 112 Å². The van der Waals surface area contributed by atoms with Crippen molar-refractivity contribution in [3.63, 3.8) is 0 Å². The number of rotatable bonds is 5. The third kappa shape index (κ3) is 3.92. The number of hydrogen-bond acceptors (Lipinski definition) is 3. The molecule has 0 aromatic heterocycles. The highest BCUT2D eigenvalue weighted by molar-refractivity contribution is 7.98. The molecule has 0 atom stereocenters. The molecule has 18 heavy (non-hydrogen) atoms. The summed E-state index contributed by atoms with van der Waals surface area (Å²) in [6.07, 6.45) is 4.53. The van der Waals surface area contributed by atoms with Crippen LogP contribution in [0.15, 0.2) is 34.2 Å². The highest BCUT2D eigenvalue weighted by atomic mass is 32.2. The van der Waals surface area contributed by atoms with Crippen LogP contribution >= 0.6 is 11.8 Å². The van der Waals surface area contributed by atoms with Crippen molar-refractivity contribution in [2.24, 2.45) is 10.7 Å². The zero-order valence-electron chi connectivity index (χ0n) is 10.6. The van der Waals surface area contributed by atoms with Gasteiger partial charge in [0, 0.05) is 17.5 Å². The predicted octanol–water partition coefficient (Wildman–Crippen LogP) is 1.89. The first kappa shape index (κ1) is 13.2. The number of aliphatic imine (C=N–C) groups is 1. The van der Waals surface area contributed by atoms with Crippen LogP contribution in [-0.2, 0) is 0 Å². The van der Waals surface area contributed by atoms with Crippen molar-refractivity contribution in [1.29, 1.82) is 0 Å². The topological polar surface area (TPSA) is 62.4 Å². The number of anilines is 1. The molecule has 0 unspecified atom stereocenters. The van der Waals surface area contributed by atoms with Crippen LogP contribution in [0.2, 0.25) is 0 Å². The molecule has 0 radical (unpaired) electrons. The summed E-state index contributed by atoms with van der Waals surface area (Å²) in [6.45, 7) is 1.21. The van der Waals surface area contributed by atoms with Gasteiger partial charge in [0.25, 0.3) is 0 Å². The van der Waals surface area contributed by atoms with Gasteiger partial charge in [0.2, 0.25) is 0 Å².